The SMILES string of the molecule is Cc1cc(C)c(O)c(C(CC(=O)O)NC(=O)CNC(=O)OC(C)(C)C)c1. The molecule has 1 aromatic rings. The van der Waals surface area contributed by atoms with E-state index < -0.39 is 36.0 Å². The first-order chi connectivity index (χ1) is 11.9. The summed E-state index contributed by atoms with van der Waals surface area (Å²) in [5.74, 6) is -1.79. The van der Waals surface area contributed by atoms with E-state index in [4.69, 9.17) is 9.84 Å². The van der Waals surface area contributed by atoms with E-state index in [2.05, 4.69) is 10.6 Å². The Labute approximate surface area is 152 Å². The number of carboxylic acids is 1. The van der Waals surface area contributed by atoms with Gasteiger partial charge in [0, 0.05) is 5.56 Å². The first-order valence-electron chi connectivity index (χ1n) is 8.17. The number of alkyl carbamates (subject to hydrolysis) is 1. The predicted octanol–water partition coefficient (Wildman–Crippen LogP) is 2.17. The number of phenolic OH excluding ortho intramolecular Hbond substituents is 1. The molecule has 0 spiro atoms. The molecule has 2 amide bonds. The Morgan fingerprint density at radius 3 is 2.35 bits per heavy atom. The molecule has 0 saturated heterocycles. The van der Waals surface area contributed by atoms with Crippen molar-refractivity contribution in [3.05, 3.63) is 28.8 Å². The van der Waals surface area contributed by atoms with Crippen LogP contribution in [0.3, 0.4) is 0 Å². The molecule has 1 rings (SSSR count). The molecule has 1 unspecified atom stereocenters. The monoisotopic (exact) mass is 366 g/mol. The van der Waals surface area contributed by atoms with Gasteiger partial charge in [-0.05, 0) is 40.2 Å². The van der Waals surface area contributed by atoms with Gasteiger partial charge in [-0.3, -0.25) is 9.59 Å². The summed E-state index contributed by atoms with van der Waals surface area (Å²) in [5.41, 5.74) is 1.02. The zero-order chi connectivity index (χ0) is 20.1. The molecule has 8 nitrogen and oxygen atoms in total. The summed E-state index contributed by atoms with van der Waals surface area (Å²) in [6.07, 6.45) is -1.16. The Morgan fingerprint density at radius 2 is 1.81 bits per heavy atom. The smallest absolute Gasteiger partial charge is 0.408 e. The third kappa shape index (κ3) is 7.00. The van der Waals surface area contributed by atoms with Gasteiger partial charge in [0.05, 0.1) is 12.5 Å². The molecule has 0 saturated carbocycles. The lowest BCUT2D eigenvalue weighted by molar-refractivity contribution is -0.137. The van der Waals surface area contributed by atoms with E-state index in [0.717, 1.165) is 5.56 Å². The average molecular weight is 366 g/mol. The van der Waals surface area contributed by atoms with Crippen molar-refractivity contribution in [3.63, 3.8) is 0 Å². The number of aliphatic carboxylic acids is 1. The molecular formula is C18H26N2O6. The van der Waals surface area contributed by atoms with Crippen molar-refractivity contribution in [1.82, 2.24) is 10.6 Å². The van der Waals surface area contributed by atoms with Gasteiger partial charge in [-0.1, -0.05) is 17.7 Å². The Morgan fingerprint density at radius 1 is 1.19 bits per heavy atom. The maximum atomic E-state index is 12.1. The summed E-state index contributed by atoms with van der Waals surface area (Å²) < 4.78 is 5.03. The number of nitrogens with one attached hydrogen (secondary N) is 2. The Balaban J connectivity index is 2.84. The highest BCUT2D eigenvalue weighted by atomic mass is 16.6. The van der Waals surface area contributed by atoms with E-state index in [1.165, 1.54) is 0 Å². The van der Waals surface area contributed by atoms with Crippen LogP contribution in [0.1, 0.15) is 49.9 Å². The lowest BCUT2D eigenvalue weighted by Crippen LogP contribution is -2.41. The van der Waals surface area contributed by atoms with Crippen molar-refractivity contribution in [2.75, 3.05) is 6.54 Å². The quantitative estimate of drug-likeness (QED) is 0.611. The molecule has 4 N–H and O–H groups in total. The van der Waals surface area contributed by atoms with E-state index in [1.54, 1.807) is 46.8 Å². The van der Waals surface area contributed by atoms with Gasteiger partial charge in [0.2, 0.25) is 5.91 Å². The minimum atomic E-state index is -1.13. The number of ether oxygens (including phenoxy) is 1. The fraction of sp³-hybridized carbons (Fsp3) is 0.500. The van der Waals surface area contributed by atoms with E-state index in [0.29, 0.717) is 11.1 Å². The van der Waals surface area contributed by atoms with E-state index in [-0.39, 0.29) is 12.3 Å². The fourth-order valence-electron chi connectivity index (χ4n) is 2.38. The number of hydrogen-bond acceptors (Lipinski definition) is 5. The second-order valence-corrected chi connectivity index (χ2v) is 7.09. The van der Waals surface area contributed by atoms with Crippen LogP contribution in [0.5, 0.6) is 5.75 Å². The van der Waals surface area contributed by atoms with Crippen molar-refractivity contribution < 1.29 is 29.3 Å². The molecule has 0 heterocycles. The summed E-state index contributed by atoms with van der Waals surface area (Å²) in [4.78, 5) is 34.8. The second-order valence-electron chi connectivity index (χ2n) is 7.09. The van der Waals surface area contributed by atoms with E-state index >= 15 is 0 Å². The molecule has 0 radical (unpaired) electrons. The number of phenols is 1. The molecule has 8 heteroatoms. The summed E-state index contributed by atoms with van der Waals surface area (Å²) in [6.45, 7) is 8.20. The molecule has 26 heavy (non-hydrogen) atoms. The number of carbonyl (C=O) groups excluding carboxylic acids is 2. The third-order valence-corrected chi connectivity index (χ3v) is 3.36. The molecule has 1 aromatic carbocycles. The number of hydrogen-bond donors (Lipinski definition) is 4. The Kier molecular flexibility index (Phi) is 7.00. The molecule has 0 aromatic heterocycles. The lowest BCUT2D eigenvalue weighted by atomic mass is 9.97. The van der Waals surface area contributed by atoms with Crippen LogP contribution in [0, 0.1) is 13.8 Å². The van der Waals surface area contributed by atoms with Crippen molar-refractivity contribution in [2.45, 2.75) is 52.7 Å². The predicted molar refractivity (Wildman–Crippen MR) is 95.0 cm³/mol. The van der Waals surface area contributed by atoms with Crippen LogP contribution in [0.25, 0.3) is 0 Å². The van der Waals surface area contributed by atoms with Gasteiger partial charge < -0.3 is 25.6 Å². The maximum absolute atomic E-state index is 12.1. The standard InChI is InChI=1S/C18H26N2O6/c1-10-6-11(2)16(24)12(7-10)13(8-15(22)23)20-14(21)9-19-17(25)26-18(3,4)5/h6-7,13,24H,8-9H2,1-5H3,(H,19,25)(H,20,21)(H,22,23). The molecule has 0 aliphatic rings. The highest BCUT2D eigenvalue weighted by molar-refractivity contribution is 5.83. The number of carboxylic acid groups (broad SMARTS) is 1. The molecule has 0 aliphatic carbocycles. The first-order valence-corrected chi connectivity index (χ1v) is 8.17. The van der Waals surface area contributed by atoms with Crippen LogP contribution in [0.4, 0.5) is 4.79 Å². The van der Waals surface area contributed by atoms with Crippen LogP contribution < -0.4 is 10.6 Å². The van der Waals surface area contributed by atoms with Crippen LogP contribution in [-0.4, -0.2) is 40.3 Å². The second kappa shape index (κ2) is 8.55. The van der Waals surface area contributed by atoms with E-state index in [1.807, 2.05) is 0 Å². The number of amides is 2. The minimum absolute atomic E-state index is 0.0674. The minimum Gasteiger partial charge on any atom is -0.507 e. The van der Waals surface area contributed by atoms with E-state index in [9.17, 15) is 19.5 Å². The van der Waals surface area contributed by atoms with Crippen molar-refractivity contribution in [3.8, 4) is 5.75 Å². The van der Waals surface area contributed by atoms with Crippen LogP contribution >= 0.6 is 0 Å². The molecule has 0 aliphatic heterocycles. The molecular weight excluding hydrogens is 340 g/mol. The number of carbonyl (C=O) groups is 3. The van der Waals surface area contributed by atoms with Gasteiger partial charge >= 0.3 is 12.1 Å². The van der Waals surface area contributed by atoms with Gasteiger partial charge in [-0.2, -0.15) is 0 Å². The van der Waals surface area contributed by atoms with Crippen LogP contribution in [0.2, 0.25) is 0 Å². The van der Waals surface area contributed by atoms with Crippen molar-refractivity contribution in [2.24, 2.45) is 0 Å². The molecule has 0 fully saturated rings. The zero-order valence-corrected chi connectivity index (χ0v) is 15.7. The molecule has 0 bridgehead atoms. The summed E-state index contributed by atoms with van der Waals surface area (Å²) in [7, 11) is 0. The zero-order valence-electron chi connectivity index (χ0n) is 15.7. The first kappa shape index (κ1) is 21.3. The summed E-state index contributed by atoms with van der Waals surface area (Å²) in [6, 6.07) is 2.44. The number of benzene rings is 1. The fourth-order valence-corrected chi connectivity index (χ4v) is 2.38. The number of rotatable bonds is 6. The van der Waals surface area contributed by atoms with Gasteiger partial charge in [-0.15, -0.1) is 0 Å². The Bertz CT molecular complexity index is 694. The number of aryl methyl sites for hydroxylation is 2. The van der Waals surface area contributed by atoms with Gasteiger partial charge in [-0.25, -0.2) is 4.79 Å². The summed E-state index contributed by atoms with van der Waals surface area (Å²) in [5, 5.41) is 24.2. The third-order valence-electron chi connectivity index (χ3n) is 3.36. The highest BCUT2D eigenvalue weighted by Crippen LogP contribution is 2.30. The summed E-state index contributed by atoms with van der Waals surface area (Å²) >= 11 is 0. The van der Waals surface area contributed by atoms with Crippen molar-refractivity contribution in [1.29, 1.82) is 0 Å². The molecule has 1 atom stereocenters. The molecule has 144 valence electrons. The lowest BCUT2D eigenvalue weighted by Gasteiger charge is -2.21. The van der Waals surface area contributed by atoms with Crippen molar-refractivity contribution >= 4 is 18.0 Å². The highest BCUT2D eigenvalue weighted by Gasteiger charge is 2.23. The number of aromatic hydroxyl groups is 1. The van der Waals surface area contributed by atoms with Gasteiger partial charge in [0.25, 0.3) is 0 Å². The van der Waals surface area contributed by atoms with Gasteiger partial charge in [0.15, 0.2) is 0 Å². The Hall–Kier alpha value is -2.77. The maximum Gasteiger partial charge on any atom is 0.408 e. The van der Waals surface area contributed by atoms with Crippen LogP contribution in [0.15, 0.2) is 12.1 Å². The topological polar surface area (TPSA) is 125 Å². The normalized spacial score (nSPS) is 12.2. The van der Waals surface area contributed by atoms with Crippen LogP contribution in [-0.2, 0) is 14.3 Å². The van der Waals surface area contributed by atoms with Gasteiger partial charge in [0.1, 0.15) is 17.9 Å². The average Bonchev–Trinajstić information content (AvgIpc) is 2.46. The largest absolute Gasteiger partial charge is 0.507 e.